The summed E-state index contributed by atoms with van der Waals surface area (Å²) in [5.74, 6) is -1.02. The molecule has 4 aromatic rings. The molecule has 3 heterocycles. The van der Waals surface area contributed by atoms with E-state index in [0.29, 0.717) is 27.8 Å². The minimum atomic E-state index is -3.63. The summed E-state index contributed by atoms with van der Waals surface area (Å²) in [5.41, 5.74) is 4.71. The van der Waals surface area contributed by atoms with Crippen LogP contribution < -0.4 is 5.32 Å². The van der Waals surface area contributed by atoms with E-state index in [1.165, 1.54) is 24.4 Å². The average molecular weight is 469 g/mol. The third-order valence-electron chi connectivity index (χ3n) is 7.19. The zero-order valence-corrected chi connectivity index (χ0v) is 19.2. The van der Waals surface area contributed by atoms with Crippen LogP contribution in [0.2, 0.25) is 0 Å². The summed E-state index contributed by atoms with van der Waals surface area (Å²) in [5, 5.41) is 8.46. The van der Waals surface area contributed by atoms with Gasteiger partial charge < -0.3 is 5.32 Å². The van der Waals surface area contributed by atoms with Gasteiger partial charge in [-0.1, -0.05) is 0 Å². The van der Waals surface area contributed by atoms with Gasteiger partial charge in [0.25, 0.3) is 0 Å². The van der Waals surface area contributed by atoms with E-state index in [1.54, 1.807) is 10.7 Å². The van der Waals surface area contributed by atoms with Gasteiger partial charge in [-0.25, -0.2) is 21.2 Å². The topological polar surface area (TPSA) is 68.9 Å². The minimum Gasteiger partial charge on any atom is -0.372 e. The van der Waals surface area contributed by atoms with Crippen LogP contribution in [0.15, 0.2) is 36.7 Å². The van der Waals surface area contributed by atoms with Crippen molar-refractivity contribution in [1.82, 2.24) is 13.8 Å². The van der Waals surface area contributed by atoms with Gasteiger partial charge in [0.05, 0.1) is 34.9 Å². The zero-order valence-electron chi connectivity index (χ0n) is 18.4. The van der Waals surface area contributed by atoms with Gasteiger partial charge in [-0.3, -0.25) is 4.68 Å². The van der Waals surface area contributed by atoms with Gasteiger partial charge in [-0.15, -0.1) is 0 Å². The quantitative estimate of drug-likeness (QED) is 0.454. The van der Waals surface area contributed by atoms with Crippen molar-refractivity contribution in [3.8, 4) is 22.4 Å². The normalized spacial score (nSPS) is 16.4. The van der Waals surface area contributed by atoms with E-state index < -0.39 is 21.7 Å². The molecule has 1 spiro atoms. The van der Waals surface area contributed by atoms with Crippen molar-refractivity contribution in [3.05, 3.63) is 59.4 Å². The third kappa shape index (κ3) is 2.68. The van der Waals surface area contributed by atoms with E-state index in [9.17, 15) is 12.8 Å². The fraction of sp³-hybridized carbons (Fsp3) is 0.292. The maximum atomic E-state index is 15.6. The molecule has 1 saturated carbocycles. The number of benzene rings is 2. The molecule has 0 radical (unpaired) electrons. The zero-order chi connectivity index (χ0) is 23.3. The predicted molar refractivity (Wildman–Crippen MR) is 124 cm³/mol. The van der Waals surface area contributed by atoms with Crippen molar-refractivity contribution < 1.29 is 17.2 Å². The molecule has 0 saturated heterocycles. The molecule has 2 aromatic carbocycles. The van der Waals surface area contributed by atoms with Crippen LogP contribution in [0.5, 0.6) is 0 Å². The Labute approximate surface area is 189 Å². The average Bonchev–Trinajstić information content (AvgIpc) is 3.32. The Morgan fingerprint density at radius 3 is 2.58 bits per heavy atom. The first-order valence-electron chi connectivity index (χ1n) is 10.8. The van der Waals surface area contributed by atoms with Gasteiger partial charge in [-0.2, -0.15) is 5.10 Å². The van der Waals surface area contributed by atoms with E-state index in [1.807, 2.05) is 20.2 Å². The molecule has 0 bridgehead atoms. The number of rotatable bonds is 2. The number of aromatic nitrogens is 3. The Hall–Kier alpha value is -3.20. The monoisotopic (exact) mass is 468 g/mol. The summed E-state index contributed by atoms with van der Waals surface area (Å²) in [6.07, 6.45) is 7.19. The number of hydrogen-bond donors (Lipinski definition) is 1. The maximum Gasteiger partial charge on any atom is 0.236 e. The molecule has 2 aromatic heterocycles. The third-order valence-corrected chi connectivity index (χ3v) is 8.22. The van der Waals surface area contributed by atoms with Crippen LogP contribution in [0.1, 0.15) is 30.4 Å². The SMILES string of the molecule is Cc1c(-c2cc(F)cc3c2ccn3S(C)(=O)=O)cc(F)c2c1-c1c(cnn1C)C1(CCC1)N2. The molecule has 170 valence electrons. The lowest BCUT2D eigenvalue weighted by molar-refractivity contribution is 0.282. The van der Waals surface area contributed by atoms with Gasteiger partial charge in [0, 0.05) is 29.8 Å². The van der Waals surface area contributed by atoms with Crippen molar-refractivity contribution in [2.75, 3.05) is 11.6 Å². The summed E-state index contributed by atoms with van der Waals surface area (Å²) < 4.78 is 57.5. The molecule has 0 unspecified atom stereocenters. The van der Waals surface area contributed by atoms with Crippen LogP contribution in [-0.4, -0.2) is 28.4 Å². The summed E-state index contributed by atoms with van der Waals surface area (Å²) in [6, 6.07) is 5.56. The second kappa shape index (κ2) is 6.44. The highest BCUT2D eigenvalue weighted by atomic mass is 32.2. The molecule has 0 atom stereocenters. The molecule has 1 aliphatic carbocycles. The lowest BCUT2D eigenvalue weighted by atomic mass is 9.68. The molecule has 1 aliphatic heterocycles. The van der Waals surface area contributed by atoms with Crippen molar-refractivity contribution in [2.24, 2.45) is 7.05 Å². The smallest absolute Gasteiger partial charge is 0.236 e. The second-order valence-corrected chi connectivity index (χ2v) is 11.0. The van der Waals surface area contributed by atoms with E-state index in [4.69, 9.17) is 0 Å². The number of nitrogens with one attached hydrogen (secondary N) is 1. The Balaban J connectivity index is 1.66. The van der Waals surface area contributed by atoms with Crippen LogP contribution in [0.4, 0.5) is 14.5 Å². The molecule has 2 aliphatic rings. The van der Waals surface area contributed by atoms with Crippen LogP contribution in [0.25, 0.3) is 33.3 Å². The molecule has 1 N–H and O–H groups in total. The first kappa shape index (κ1) is 20.4. The Kier molecular flexibility index (Phi) is 3.98. The highest BCUT2D eigenvalue weighted by molar-refractivity contribution is 7.89. The van der Waals surface area contributed by atoms with Gasteiger partial charge in [0.1, 0.15) is 11.6 Å². The van der Waals surface area contributed by atoms with Crippen molar-refractivity contribution in [3.63, 3.8) is 0 Å². The summed E-state index contributed by atoms with van der Waals surface area (Å²) in [7, 11) is -1.78. The standard InChI is InChI=1S/C24H22F2N4O2S/c1-13-16(17-9-14(25)10-20-15(17)5-8-30(20)33(3,31)32)11-19(26)22-21(13)23-18(12-27-29(23)2)24(28-22)6-4-7-24/h5,8-12,28H,4,6-7H2,1-3H3. The van der Waals surface area contributed by atoms with Gasteiger partial charge >= 0.3 is 0 Å². The van der Waals surface area contributed by atoms with Gasteiger partial charge in [0.15, 0.2) is 0 Å². The summed E-state index contributed by atoms with van der Waals surface area (Å²) >= 11 is 0. The van der Waals surface area contributed by atoms with E-state index in [0.717, 1.165) is 46.3 Å². The van der Waals surface area contributed by atoms with Gasteiger partial charge in [0.2, 0.25) is 10.0 Å². The number of fused-ring (bicyclic) bond motifs is 5. The molecule has 1 fully saturated rings. The molecular weight excluding hydrogens is 446 g/mol. The number of nitrogens with zero attached hydrogens (tertiary/aromatic N) is 3. The lowest BCUT2D eigenvalue weighted by Crippen LogP contribution is -2.44. The number of hydrogen-bond acceptors (Lipinski definition) is 4. The van der Waals surface area contributed by atoms with Crippen LogP contribution in [0.3, 0.4) is 0 Å². The second-order valence-electron chi connectivity index (χ2n) is 9.13. The first-order valence-corrected chi connectivity index (χ1v) is 12.6. The predicted octanol–water partition coefficient (Wildman–Crippen LogP) is 4.91. The van der Waals surface area contributed by atoms with Gasteiger partial charge in [-0.05, 0) is 67.1 Å². The summed E-state index contributed by atoms with van der Waals surface area (Å²) in [4.78, 5) is 0. The molecular formula is C24H22F2N4O2S. The van der Waals surface area contributed by atoms with Crippen LogP contribution in [0, 0.1) is 18.6 Å². The summed E-state index contributed by atoms with van der Waals surface area (Å²) in [6.45, 7) is 1.88. The van der Waals surface area contributed by atoms with Crippen molar-refractivity contribution in [2.45, 2.75) is 31.7 Å². The van der Waals surface area contributed by atoms with E-state index in [-0.39, 0.29) is 11.1 Å². The highest BCUT2D eigenvalue weighted by Crippen LogP contribution is 2.55. The molecule has 6 nitrogen and oxygen atoms in total. The maximum absolute atomic E-state index is 15.6. The van der Waals surface area contributed by atoms with Crippen molar-refractivity contribution >= 4 is 26.6 Å². The Morgan fingerprint density at radius 1 is 1.15 bits per heavy atom. The fourth-order valence-corrected chi connectivity index (χ4v) is 6.25. The van der Waals surface area contributed by atoms with E-state index in [2.05, 4.69) is 10.4 Å². The number of halogens is 2. The lowest BCUT2D eigenvalue weighted by Gasteiger charge is -2.47. The number of anilines is 1. The first-order chi connectivity index (χ1) is 15.6. The highest BCUT2D eigenvalue weighted by Gasteiger charge is 2.46. The van der Waals surface area contributed by atoms with Crippen molar-refractivity contribution in [1.29, 1.82) is 0 Å². The van der Waals surface area contributed by atoms with Crippen LogP contribution in [-0.2, 0) is 22.6 Å². The molecule has 33 heavy (non-hydrogen) atoms. The fourth-order valence-electron chi connectivity index (χ4n) is 5.46. The van der Waals surface area contributed by atoms with E-state index >= 15 is 4.39 Å². The molecule has 0 amide bonds. The molecule has 6 rings (SSSR count). The Morgan fingerprint density at radius 2 is 1.91 bits per heavy atom. The number of aryl methyl sites for hydroxylation is 1. The Bertz CT molecular complexity index is 1600. The van der Waals surface area contributed by atoms with Crippen LogP contribution >= 0.6 is 0 Å². The molecule has 9 heteroatoms. The minimum absolute atomic E-state index is 0.220. The largest absolute Gasteiger partial charge is 0.372 e.